The van der Waals surface area contributed by atoms with Crippen molar-refractivity contribution in [1.29, 1.82) is 0 Å². The third-order valence-electron chi connectivity index (χ3n) is 4.52. The van der Waals surface area contributed by atoms with Crippen LogP contribution in [0.15, 0.2) is 78.2 Å². The molecule has 0 fully saturated rings. The summed E-state index contributed by atoms with van der Waals surface area (Å²) in [5.74, 6) is -0.566. The number of alkyl halides is 3. The molecule has 0 spiro atoms. The fourth-order valence-electron chi connectivity index (χ4n) is 2.97. The topological polar surface area (TPSA) is 88.6 Å². The number of hydrogen-bond acceptors (Lipinski definition) is 5. The predicted molar refractivity (Wildman–Crippen MR) is 115 cm³/mol. The molecule has 4 aromatic rings. The monoisotopic (exact) mass is 454 g/mol. The Balaban J connectivity index is 1.39. The van der Waals surface area contributed by atoms with Gasteiger partial charge in [0.2, 0.25) is 5.88 Å². The second-order valence-corrected chi connectivity index (χ2v) is 6.86. The number of H-pyrrole nitrogens is 1. The molecular weight excluding hydrogens is 437 g/mol. The van der Waals surface area contributed by atoms with E-state index in [9.17, 15) is 18.0 Å². The van der Waals surface area contributed by atoms with Crippen LogP contribution in [0.4, 0.5) is 13.2 Å². The van der Waals surface area contributed by atoms with Gasteiger partial charge in [-0.3, -0.25) is 4.79 Å². The molecule has 0 bridgehead atoms. The number of carbonyl (C=O) groups is 1. The first-order chi connectivity index (χ1) is 15.9. The quantitative estimate of drug-likeness (QED) is 0.310. The van der Waals surface area contributed by atoms with Gasteiger partial charge in [0.1, 0.15) is 12.4 Å². The standard InChI is InChI=1S/C23H17F3N4O3/c24-23(25,26)33-18-8-6-16(7-9-18)22(31)30-29-12-17-11-27-20-13-28-21(10-19(17)20)32-14-15-4-2-1-3-5-15/h1-13,27H,14H2,(H,30,31). The van der Waals surface area contributed by atoms with Gasteiger partial charge in [0.05, 0.1) is 17.9 Å². The van der Waals surface area contributed by atoms with Crippen molar-refractivity contribution in [2.24, 2.45) is 5.10 Å². The van der Waals surface area contributed by atoms with Crippen molar-refractivity contribution in [2.45, 2.75) is 13.0 Å². The third kappa shape index (κ3) is 5.88. The first-order valence-corrected chi connectivity index (χ1v) is 9.70. The minimum atomic E-state index is -4.80. The molecule has 2 aromatic carbocycles. The number of nitrogens with zero attached hydrogens (tertiary/aromatic N) is 2. The first-order valence-electron chi connectivity index (χ1n) is 9.70. The molecule has 4 rings (SSSR count). The highest BCUT2D eigenvalue weighted by Gasteiger charge is 2.31. The Morgan fingerprint density at radius 2 is 1.88 bits per heavy atom. The molecule has 0 saturated carbocycles. The summed E-state index contributed by atoms with van der Waals surface area (Å²) in [6.07, 6.45) is -0.0172. The average Bonchev–Trinajstić information content (AvgIpc) is 3.20. The number of hydrogen-bond donors (Lipinski definition) is 2. The maximum Gasteiger partial charge on any atom is 0.573 e. The number of rotatable bonds is 7. The second-order valence-electron chi connectivity index (χ2n) is 6.86. The van der Waals surface area contributed by atoms with Crippen LogP contribution in [0.25, 0.3) is 10.9 Å². The summed E-state index contributed by atoms with van der Waals surface area (Å²) in [6.45, 7) is 0.371. The Kier molecular flexibility index (Phi) is 6.25. The normalized spacial score (nSPS) is 11.6. The lowest BCUT2D eigenvalue weighted by atomic mass is 10.2. The molecule has 0 aliphatic heterocycles. The number of fused-ring (bicyclic) bond motifs is 1. The minimum Gasteiger partial charge on any atom is -0.473 e. The zero-order chi connectivity index (χ0) is 23.3. The summed E-state index contributed by atoms with van der Waals surface area (Å²) in [6, 6.07) is 16.0. The van der Waals surface area contributed by atoms with Gasteiger partial charge in [-0.05, 0) is 29.8 Å². The van der Waals surface area contributed by atoms with Crippen molar-refractivity contribution in [3.8, 4) is 11.6 Å². The summed E-state index contributed by atoms with van der Waals surface area (Å²) in [7, 11) is 0. The largest absolute Gasteiger partial charge is 0.573 e. The van der Waals surface area contributed by atoms with Crippen LogP contribution in [0.2, 0.25) is 0 Å². The third-order valence-corrected chi connectivity index (χ3v) is 4.52. The molecule has 2 aromatic heterocycles. The van der Waals surface area contributed by atoms with Gasteiger partial charge in [0.15, 0.2) is 0 Å². The van der Waals surface area contributed by atoms with Gasteiger partial charge in [0, 0.05) is 28.8 Å². The number of nitrogens with one attached hydrogen (secondary N) is 2. The van der Waals surface area contributed by atoms with Gasteiger partial charge in [-0.1, -0.05) is 30.3 Å². The number of halogens is 3. The van der Waals surface area contributed by atoms with Crippen molar-refractivity contribution in [3.63, 3.8) is 0 Å². The Labute approximate surface area is 185 Å². The van der Waals surface area contributed by atoms with E-state index in [1.54, 1.807) is 18.5 Å². The minimum absolute atomic E-state index is 0.126. The number of amides is 1. The van der Waals surface area contributed by atoms with E-state index < -0.39 is 18.0 Å². The molecule has 2 N–H and O–H groups in total. The summed E-state index contributed by atoms with van der Waals surface area (Å²) in [5.41, 5.74) is 4.92. The van der Waals surface area contributed by atoms with E-state index in [4.69, 9.17) is 4.74 Å². The van der Waals surface area contributed by atoms with Crippen LogP contribution in [0.5, 0.6) is 11.6 Å². The second kappa shape index (κ2) is 9.43. The Morgan fingerprint density at radius 3 is 2.61 bits per heavy atom. The lowest BCUT2D eigenvalue weighted by molar-refractivity contribution is -0.274. The van der Waals surface area contributed by atoms with Gasteiger partial charge in [-0.15, -0.1) is 13.2 Å². The molecule has 0 saturated heterocycles. The van der Waals surface area contributed by atoms with E-state index in [0.717, 1.165) is 28.6 Å². The molecule has 2 heterocycles. The Hall–Kier alpha value is -4.34. The Bertz CT molecular complexity index is 1270. The molecule has 33 heavy (non-hydrogen) atoms. The number of carbonyl (C=O) groups excluding carboxylic acids is 1. The highest BCUT2D eigenvalue weighted by atomic mass is 19.4. The molecular formula is C23H17F3N4O3. The van der Waals surface area contributed by atoms with Crippen LogP contribution in [-0.4, -0.2) is 28.5 Å². The number of benzene rings is 2. The molecule has 168 valence electrons. The number of ether oxygens (including phenoxy) is 2. The molecule has 0 unspecified atom stereocenters. The van der Waals surface area contributed by atoms with Crippen molar-refractivity contribution >= 4 is 23.0 Å². The molecule has 0 radical (unpaired) electrons. The van der Waals surface area contributed by atoms with Gasteiger partial charge in [0.25, 0.3) is 5.91 Å². The van der Waals surface area contributed by atoms with Gasteiger partial charge >= 0.3 is 6.36 Å². The number of aromatic amines is 1. The van der Waals surface area contributed by atoms with Crippen LogP contribution in [0.1, 0.15) is 21.5 Å². The van der Waals surface area contributed by atoms with Crippen LogP contribution >= 0.6 is 0 Å². The predicted octanol–water partition coefficient (Wildman–Crippen LogP) is 4.80. The molecule has 7 nitrogen and oxygen atoms in total. The summed E-state index contributed by atoms with van der Waals surface area (Å²) in [5, 5.41) is 4.72. The lowest BCUT2D eigenvalue weighted by Gasteiger charge is -2.08. The highest BCUT2D eigenvalue weighted by Crippen LogP contribution is 2.23. The van der Waals surface area contributed by atoms with E-state index in [1.807, 2.05) is 30.3 Å². The van der Waals surface area contributed by atoms with E-state index >= 15 is 0 Å². The number of aromatic nitrogens is 2. The molecule has 10 heteroatoms. The van der Waals surface area contributed by atoms with Gasteiger partial charge in [-0.2, -0.15) is 5.10 Å². The zero-order valence-corrected chi connectivity index (χ0v) is 17.0. The molecule has 0 aliphatic rings. The van der Waals surface area contributed by atoms with Gasteiger partial charge in [-0.25, -0.2) is 10.4 Å². The van der Waals surface area contributed by atoms with Crippen molar-refractivity contribution < 1.29 is 27.4 Å². The molecule has 0 atom stereocenters. The van der Waals surface area contributed by atoms with Crippen molar-refractivity contribution in [1.82, 2.24) is 15.4 Å². The fourth-order valence-corrected chi connectivity index (χ4v) is 2.97. The number of pyridine rings is 1. The van der Waals surface area contributed by atoms with Crippen molar-refractivity contribution in [3.05, 3.63) is 89.7 Å². The molecule has 1 amide bonds. The maximum atomic E-state index is 12.2. The lowest BCUT2D eigenvalue weighted by Crippen LogP contribution is -2.19. The van der Waals surface area contributed by atoms with Crippen LogP contribution in [-0.2, 0) is 6.61 Å². The van der Waals surface area contributed by atoms with Crippen LogP contribution in [0.3, 0.4) is 0 Å². The molecule has 0 aliphatic carbocycles. The van der Waals surface area contributed by atoms with Gasteiger partial charge < -0.3 is 14.5 Å². The average molecular weight is 454 g/mol. The van der Waals surface area contributed by atoms with Crippen LogP contribution < -0.4 is 14.9 Å². The van der Waals surface area contributed by atoms with E-state index in [2.05, 4.69) is 25.2 Å². The highest BCUT2D eigenvalue weighted by molar-refractivity contribution is 6.00. The summed E-state index contributed by atoms with van der Waals surface area (Å²) < 4.78 is 46.2. The summed E-state index contributed by atoms with van der Waals surface area (Å²) in [4.78, 5) is 19.5. The summed E-state index contributed by atoms with van der Waals surface area (Å²) >= 11 is 0. The Morgan fingerprint density at radius 1 is 1.12 bits per heavy atom. The van der Waals surface area contributed by atoms with E-state index in [1.165, 1.54) is 18.3 Å². The van der Waals surface area contributed by atoms with Crippen molar-refractivity contribution in [2.75, 3.05) is 0 Å². The maximum absolute atomic E-state index is 12.2. The number of hydrazone groups is 1. The SMILES string of the molecule is O=C(NN=Cc1c[nH]c2cnc(OCc3ccccc3)cc12)c1ccc(OC(F)(F)F)cc1. The fraction of sp³-hybridized carbons (Fsp3) is 0.0870. The first kappa shape index (κ1) is 21.9. The van der Waals surface area contributed by atoms with E-state index in [-0.39, 0.29) is 5.56 Å². The van der Waals surface area contributed by atoms with Crippen LogP contribution in [0, 0.1) is 0 Å². The zero-order valence-electron chi connectivity index (χ0n) is 17.0. The van der Waals surface area contributed by atoms with E-state index in [0.29, 0.717) is 18.1 Å². The smallest absolute Gasteiger partial charge is 0.473 e.